The molecule has 1 amide bonds. The third-order valence-electron chi connectivity index (χ3n) is 6.75. The second-order valence-corrected chi connectivity index (χ2v) is 10.3. The molecule has 0 spiro atoms. The lowest BCUT2D eigenvalue weighted by Gasteiger charge is -2.26. The summed E-state index contributed by atoms with van der Waals surface area (Å²) in [4.78, 5) is 17.6. The fourth-order valence-electron chi connectivity index (χ4n) is 4.84. The van der Waals surface area contributed by atoms with Gasteiger partial charge in [-0.15, -0.1) is 10.2 Å². The zero-order valence-corrected chi connectivity index (χ0v) is 21.1. The van der Waals surface area contributed by atoms with Gasteiger partial charge in [-0.2, -0.15) is 0 Å². The minimum Gasteiger partial charge on any atom is -0.372 e. The van der Waals surface area contributed by atoms with E-state index in [2.05, 4.69) is 66.3 Å². The average molecular weight is 491 g/mol. The number of aromatic nitrogens is 3. The van der Waals surface area contributed by atoms with Gasteiger partial charge in [0.15, 0.2) is 5.16 Å². The van der Waals surface area contributed by atoms with Crippen LogP contribution in [0.1, 0.15) is 43.5 Å². The highest BCUT2D eigenvalue weighted by Gasteiger charge is 2.19. The second kappa shape index (κ2) is 11.7. The molecule has 2 aliphatic rings. The zero-order chi connectivity index (χ0) is 23.9. The number of nitrogens with zero attached hydrogens (tertiary/aromatic N) is 5. The van der Waals surface area contributed by atoms with E-state index in [1.54, 1.807) is 0 Å². The molecule has 8 heteroatoms. The number of anilines is 2. The quantitative estimate of drug-likeness (QED) is 0.441. The van der Waals surface area contributed by atoms with Crippen LogP contribution in [0.3, 0.4) is 0 Å². The number of amides is 1. The fourth-order valence-corrected chi connectivity index (χ4v) is 5.60. The second-order valence-electron chi connectivity index (χ2n) is 9.39. The first-order valence-electron chi connectivity index (χ1n) is 12.7. The minimum atomic E-state index is -0.0317. The van der Waals surface area contributed by atoms with Crippen LogP contribution in [0.15, 0.2) is 59.8 Å². The summed E-state index contributed by atoms with van der Waals surface area (Å²) < 4.78 is 2.17. The molecule has 2 saturated heterocycles. The number of likely N-dealkylation sites (tertiary alicyclic amines) is 1. The summed E-state index contributed by atoms with van der Waals surface area (Å²) in [5.41, 5.74) is 3.26. The Labute approximate surface area is 211 Å². The van der Waals surface area contributed by atoms with E-state index >= 15 is 0 Å². The molecule has 0 bridgehead atoms. The molecular formula is C27H34N6OS. The molecule has 2 fully saturated rings. The molecule has 5 rings (SSSR count). The van der Waals surface area contributed by atoms with Crippen molar-refractivity contribution in [3.05, 3.63) is 66.0 Å². The van der Waals surface area contributed by atoms with Crippen molar-refractivity contribution >= 4 is 29.0 Å². The van der Waals surface area contributed by atoms with E-state index in [4.69, 9.17) is 0 Å². The van der Waals surface area contributed by atoms with Crippen molar-refractivity contribution in [2.45, 2.75) is 50.4 Å². The number of thioether (sulfide) groups is 1. The molecule has 3 aromatic rings. The van der Waals surface area contributed by atoms with E-state index in [0.29, 0.717) is 12.3 Å². The van der Waals surface area contributed by atoms with Gasteiger partial charge in [0.2, 0.25) is 5.91 Å². The van der Waals surface area contributed by atoms with Gasteiger partial charge in [-0.1, -0.05) is 48.5 Å². The van der Waals surface area contributed by atoms with E-state index in [-0.39, 0.29) is 5.91 Å². The lowest BCUT2D eigenvalue weighted by atomic mass is 10.1. The van der Waals surface area contributed by atoms with E-state index < -0.39 is 0 Å². The summed E-state index contributed by atoms with van der Waals surface area (Å²) in [6, 6.07) is 18.6. The Balaban J connectivity index is 1.22. The van der Waals surface area contributed by atoms with Gasteiger partial charge in [0.1, 0.15) is 5.82 Å². The summed E-state index contributed by atoms with van der Waals surface area (Å²) in [6.45, 7) is 5.96. The van der Waals surface area contributed by atoms with Crippen molar-refractivity contribution in [1.29, 1.82) is 0 Å². The maximum Gasteiger partial charge on any atom is 0.234 e. The topological polar surface area (TPSA) is 66.3 Å². The van der Waals surface area contributed by atoms with Crippen molar-refractivity contribution in [2.24, 2.45) is 0 Å². The Morgan fingerprint density at radius 2 is 1.54 bits per heavy atom. The number of carbonyl (C=O) groups excluding carboxylic acids is 1. The highest BCUT2D eigenvalue weighted by molar-refractivity contribution is 7.99. The zero-order valence-electron chi connectivity index (χ0n) is 20.2. The molecule has 1 N–H and O–H groups in total. The van der Waals surface area contributed by atoms with Gasteiger partial charge in [0.05, 0.1) is 18.8 Å². The lowest BCUT2D eigenvalue weighted by molar-refractivity contribution is -0.113. The van der Waals surface area contributed by atoms with Crippen molar-refractivity contribution in [3.8, 4) is 0 Å². The molecule has 0 radical (unpaired) electrons. The van der Waals surface area contributed by atoms with Gasteiger partial charge in [-0.3, -0.25) is 9.69 Å². The smallest absolute Gasteiger partial charge is 0.234 e. The monoisotopic (exact) mass is 490 g/mol. The molecule has 1 aromatic heterocycles. The number of hydrogen-bond acceptors (Lipinski definition) is 6. The largest absolute Gasteiger partial charge is 0.372 e. The first kappa shape index (κ1) is 23.9. The molecule has 2 aromatic carbocycles. The Morgan fingerprint density at radius 1 is 0.829 bits per heavy atom. The van der Waals surface area contributed by atoms with Crippen molar-refractivity contribution in [3.63, 3.8) is 0 Å². The maximum atomic E-state index is 12.7. The predicted octanol–water partition coefficient (Wildman–Crippen LogP) is 4.64. The van der Waals surface area contributed by atoms with Crippen LogP contribution in [0.4, 0.5) is 11.4 Å². The summed E-state index contributed by atoms with van der Waals surface area (Å²) in [5.74, 6) is 1.23. The molecule has 0 unspecified atom stereocenters. The number of nitrogens with one attached hydrogen (secondary N) is 1. The van der Waals surface area contributed by atoms with Crippen LogP contribution in [0.5, 0.6) is 0 Å². The van der Waals surface area contributed by atoms with Gasteiger partial charge < -0.3 is 14.8 Å². The van der Waals surface area contributed by atoms with Crippen LogP contribution in [0.25, 0.3) is 0 Å². The Bertz CT molecular complexity index is 1090. The summed E-state index contributed by atoms with van der Waals surface area (Å²) >= 11 is 1.45. The minimum absolute atomic E-state index is 0.0317. The molecule has 7 nitrogen and oxygen atoms in total. The fraction of sp³-hybridized carbons (Fsp3) is 0.444. The van der Waals surface area contributed by atoms with Crippen LogP contribution in [-0.4, -0.2) is 57.5 Å². The molecule has 2 aliphatic heterocycles. The SMILES string of the molecule is O=C(CSc1nnc(CN2CCCCC2)n1Cc1ccccc1)Nc1ccc(N2CCCC2)cc1. The third kappa shape index (κ3) is 6.44. The van der Waals surface area contributed by atoms with Gasteiger partial charge in [0.25, 0.3) is 0 Å². The summed E-state index contributed by atoms with van der Waals surface area (Å²) in [6.07, 6.45) is 6.31. The van der Waals surface area contributed by atoms with Gasteiger partial charge in [-0.25, -0.2) is 0 Å². The molecule has 0 saturated carbocycles. The highest BCUT2D eigenvalue weighted by atomic mass is 32.2. The number of benzene rings is 2. The maximum absolute atomic E-state index is 12.7. The standard InChI is InChI=1S/C27H34N6OS/c34-26(28-23-11-13-24(14-12-23)32-17-7-8-18-32)21-35-27-30-29-25(20-31-15-5-2-6-16-31)33(27)19-22-9-3-1-4-10-22/h1,3-4,9-14H,2,5-8,15-21H2,(H,28,34). The summed E-state index contributed by atoms with van der Waals surface area (Å²) in [7, 11) is 0. The van der Waals surface area contributed by atoms with E-state index in [1.807, 2.05) is 18.2 Å². The molecule has 184 valence electrons. The van der Waals surface area contributed by atoms with Crippen molar-refractivity contribution in [2.75, 3.05) is 42.1 Å². The van der Waals surface area contributed by atoms with E-state index in [9.17, 15) is 4.79 Å². The van der Waals surface area contributed by atoms with Crippen LogP contribution in [0, 0.1) is 0 Å². The Hall–Kier alpha value is -2.84. The van der Waals surface area contributed by atoms with Crippen molar-refractivity contribution in [1.82, 2.24) is 19.7 Å². The normalized spacial score (nSPS) is 16.5. The van der Waals surface area contributed by atoms with Gasteiger partial charge in [0, 0.05) is 24.5 Å². The number of hydrogen-bond donors (Lipinski definition) is 1. The van der Waals surface area contributed by atoms with E-state index in [0.717, 1.165) is 49.4 Å². The first-order valence-corrected chi connectivity index (χ1v) is 13.7. The van der Waals surface area contributed by atoms with Gasteiger partial charge >= 0.3 is 0 Å². The molecule has 0 aliphatic carbocycles. The third-order valence-corrected chi connectivity index (χ3v) is 7.71. The van der Waals surface area contributed by atoms with Crippen LogP contribution >= 0.6 is 11.8 Å². The van der Waals surface area contributed by atoms with E-state index in [1.165, 1.54) is 55.1 Å². The summed E-state index contributed by atoms with van der Waals surface area (Å²) in [5, 5.41) is 12.8. The molecule has 3 heterocycles. The first-order chi connectivity index (χ1) is 17.2. The van der Waals surface area contributed by atoms with Crippen LogP contribution in [0.2, 0.25) is 0 Å². The lowest BCUT2D eigenvalue weighted by Crippen LogP contribution is -2.30. The predicted molar refractivity (Wildman–Crippen MR) is 142 cm³/mol. The van der Waals surface area contributed by atoms with Crippen molar-refractivity contribution < 1.29 is 4.79 Å². The average Bonchev–Trinajstić information content (AvgIpc) is 3.56. The number of piperidine rings is 1. The number of rotatable bonds is 9. The van der Waals surface area contributed by atoms with Crippen LogP contribution < -0.4 is 10.2 Å². The Morgan fingerprint density at radius 3 is 2.29 bits per heavy atom. The molecule has 35 heavy (non-hydrogen) atoms. The number of carbonyl (C=O) groups is 1. The van der Waals surface area contributed by atoms with Gasteiger partial charge in [-0.05, 0) is 68.6 Å². The Kier molecular flexibility index (Phi) is 8.00. The molecular weight excluding hydrogens is 456 g/mol. The molecule has 0 atom stereocenters. The van der Waals surface area contributed by atoms with Crippen LogP contribution in [-0.2, 0) is 17.9 Å². The highest BCUT2D eigenvalue weighted by Crippen LogP contribution is 2.24.